The Morgan fingerprint density at radius 2 is 2.31 bits per heavy atom. The number of nitrogens with one attached hydrogen (secondary N) is 1. The molecule has 2 rings (SSSR count). The highest BCUT2D eigenvalue weighted by atomic mass is 32.1. The first kappa shape index (κ1) is 11.6. The standard InChI is InChI=1S/C12H18N2OS/c1-10(14-6-2-3-7-14)9-13-12(15)11-5-4-8-16-11/h4-5,8,10H,2-3,6-7,9H2,1H3,(H,13,15). The van der Waals surface area contributed by atoms with Gasteiger partial charge >= 0.3 is 0 Å². The number of carbonyl (C=O) groups excluding carboxylic acids is 1. The summed E-state index contributed by atoms with van der Waals surface area (Å²) in [6.07, 6.45) is 2.59. The summed E-state index contributed by atoms with van der Waals surface area (Å²) in [4.78, 5) is 14.9. The summed E-state index contributed by atoms with van der Waals surface area (Å²) in [5.74, 6) is 0.0565. The monoisotopic (exact) mass is 238 g/mol. The second kappa shape index (κ2) is 5.46. The molecule has 1 fully saturated rings. The Kier molecular flexibility index (Phi) is 3.96. The Morgan fingerprint density at radius 1 is 1.56 bits per heavy atom. The molecule has 0 aliphatic carbocycles. The van der Waals surface area contributed by atoms with E-state index < -0.39 is 0 Å². The molecule has 0 spiro atoms. The van der Waals surface area contributed by atoms with Crippen LogP contribution < -0.4 is 5.32 Å². The lowest BCUT2D eigenvalue weighted by Crippen LogP contribution is -2.40. The summed E-state index contributed by atoms with van der Waals surface area (Å²) < 4.78 is 0. The summed E-state index contributed by atoms with van der Waals surface area (Å²) in [6, 6.07) is 4.22. The third-order valence-corrected chi connectivity index (χ3v) is 3.94. The molecule has 1 saturated heterocycles. The fourth-order valence-electron chi connectivity index (χ4n) is 2.05. The highest BCUT2D eigenvalue weighted by Gasteiger charge is 2.18. The summed E-state index contributed by atoms with van der Waals surface area (Å²) in [5.41, 5.74) is 0. The molecule has 0 saturated carbocycles. The van der Waals surface area contributed by atoms with E-state index in [1.54, 1.807) is 0 Å². The van der Waals surface area contributed by atoms with Gasteiger partial charge in [-0.25, -0.2) is 0 Å². The van der Waals surface area contributed by atoms with Crippen LogP contribution in [0.2, 0.25) is 0 Å². The van der Waals surface area contributed by atoms with E-state index in [0.29, 0.717) is 6.04 Å². The quantitative estimate of drug-likeness (QED) is 0.869. The van der Waals surface area contributed by atoms with Gasteiger partial charge in [0.1, 0.15) is 0 Å². The highest BCUT2D eigenvalue weighted by molar-refractivity contribution is 7.12. The Bertz CT molecular complexity index is 331. The number of carbonyl (C=O) groups is 1. The molecular weight excluding hydrogens is 220 g/mol. The van der Waals surface area contributed by atoms with Crippen molar-refractivity contribution in [2.75, 3.05) is 19.6 Å². The maximum atomic E-state index is 11.7. The zero-order valence-corrected chi connectivity index (χ0v) is 10.4. The zero-order chi connectivity index (χ0) is 11.4. The molecule has 0 radical (unpaired) electrons. The van der Waals surface area contributed by atoms with Crippen LogP contribution in [0.25, 0.3) is 0 Å². The number of hydrogen-bond acceptors (Lipinski definition) is 3. The van der Waals surface area contributed by atoms with Crippen molar-refractivity contribution in [2.24, 2.45) is 0 Å². The zero-order valence-electron chi connectivity index (χ0n) is 9.61. The van der Waals surface area contributed by atoms with Gasteiger partial charge in [0.05, 0.1) is 4.88 Å². The fraction of sp³-hybridized carbons (Fsp3) is 0.583. The van der Waals surface area contributed by atoms with Crippen LogP contribution in [0, 0.1) is 0 Å². The molecule has 1 aliphatic heterocycles. The molecule has 4 heteroatoms. The van der Waals surface area contributed by atoms with Crippen molar-refractivity contribution in [3.05, 3.63) is 22.4 Å². The average molecular weight is 238 g/mol. The van der Waals surface area contributed by atoms with Gasteiger partial charge in [0.2, 0.25) is 0 Å². The molecular formula is C12H18N2OS. The lowest BCUT2D eigenvalue weighted by atomic mass is 10.3. The van der Waals surface area contributed by atoms with Crippen molar-refractivity contribution in [3.63, 3.8) is 0 Å². The third-order valence-electron chi connectivity index (χ3n) is 3.07. The minimum atomic E-state index is 0.0565. The van der Waals surface area contributed by atoms with Gasteiger partial charge in [-0.1, -0.05) is 6.07 Å². The molecule has 2 heterocycles. The molecule has 16 heavy (non-hydrogen) atoms. The Balaban J connectivity index is 1.76. The molecule has 1 atom stereocenters. The van der Waals surface area contributed by atoms with Gasteiger partial charge in [0, 0.05) is 12.6 Å². The second-order valence-corrected chi connectivity index (χ2v) is 5.23. The van der Waals surface area contributed by atoms with Crippen molar-refractivity contribution in [2.45, 2.75) is 25.8 Å². The summed E-state index contributed by atoms with van der Waals surface area (Å²) in [5, 5.41) is 4.92. The Labute approximate surface area is 100 Å². The van der Waals surface area contributed by atoms with Gasteiger partial charge in [-0.05, 0) is 44.3 Å². The predicted molar refractivity (Wildman–Crippen MR) is 66.9 cm³/mol. The van der Waals surface area contributed by atoms with E-state index in [1.165, 1.54) is 37.3 Å². The van der Waals surface area contributed by atoms with Crippen LogP contribution >= 0.6 is 11.3 Å². The average Bonchev–Trinajstić information content (AvgIpc) is 2.95. The van der Waals surface area contributed by atoms with Crippen LogP contribution in [0.4, 0.5) is 0 Å². The van der Waals surface area contributed by atoms with E-state index in [1.807, 2.05) is 17.5 Å². The molecule has 1 aliphatic rings. The lowest BCUT2D eigenvalue weighted by molar-refractivity contribution is 0.0944. The van der Waals surface area contributed by atoms with Crippen LogP contribution in [0.1, 0.15) is 29.4 Å². The predicted octanol–water partition coefficient (Wildman–Crippen LogP) is 1.96. The maximum absolute atomic E-state index is 11.7. The highest BCUT2D eigenvalue weighted by Crippen LogP contribution is 2.11. The first-order valence-corrected chi connectivity index (χ1v) is 6.71. The summed E-state index contributed by atoms with van der Waals surface area (Å²) in [7, 11) is 0. The number of amides is 1. The van der Waals surface area contributed by atoms with Crippen molar-refractivity contribution in [3.8, 4) is 0 Å². The van der Waals surface area contributed by atoms with Gasteiger partial charge in [0.15, 0.2) is 0 Å². The molecule has 0 aromatic carbocycles. The van der Waals surface area contributed by atoms with Crippen LogP contribution in [0.5, 0.6) is 0 Å². The molecule has 0 bridgehead atoms. The van der Waals surface area contributed by atoms with Crippen molar-refractivity contribution in [1.29, 1.82) is 0 Å². The van der Waals surface area contributed by atoms with E-state index in [-0.39, 0.29) is 5.91 Å². The maximum Gasteiger partial charge on any atom is 0.261 e. The normalized spacial score (nSPS) is 18.6. The van der Waals surface area contributed by atoms with E-state index >= 15 is 0 Å². The van der Waals surface area contributed by atoms with Crippen LogP contribution in [-0.2, 0) is 0 Å². The fourth-order valence-corrected chi connectivity index (χ4v) is 2.69. The molecule has 1 aromatic heterocycles. The largest absolute Gasteiger partial charge is 0.350 e. The topological polar surface area (TPSA) is 32.3 Å². The molecule has 88 valence electrons. The van der Waals surface area contributed by atoms with Crippen LogP contribution in [0.3, 0.4) is 0 Å². The minimum Gasteiger partial charge on any atom is -0.350 e. The first-order chi connectivity index (χ1) is 7.77. The van der Waals surface area contributed by atoms with Crippen molar-refractivity contribution in [1.82, 2.24) is 10.2 Å². The van der Waals surface area contributed by atoms with E-state index in [9.17, 15) is 4.79 Å². The lowest BCUT2D eigenvalue weighted by Gasteiger charge is -2.23. The summed E-state index contributed by atoms with van der Waals surface area (Å²) in [6.45, 7) is 5.28. The molecule has 1 N–H and O–H groups in total. The van der Waals surface area contributed by atoms with E-state index in [2.05, 4.69) is 17.1 Å². The van der Waals surface area contributed by atoms with Gasteiger partial charge in [-0.2, -0.15) is 0 Å². The Hall–Kier alpha value is -0.870. The van der Waals surface area contributed by atoms with Gasteiger partial charge in [0.25, 0.3) is 5.91 Å². The third kappa shape index (κ3) is 2.83. The number of likely N-dealkylation sites (tertiary alicyclic amines) is 1. The molecule has 1 unspecified atom stereocenters. The van der Waals surface area contributed by atoms with E-state index in [4.69, 9.17) is 0 Å². The SMILES string of the molecule is CC(CNC(=O)c1cccs1)N1CCCC1. The Morgan fingerprint density at radius 3 is 2.94 bits per heavy atom. The van der Waals surface area contributed by atoms with E-state index in [0.717, 1.165) is 11.4 Å². The van der Waals surface area contributed by atoms with Crippen molar-refractivity contribution >= 4 is 17.2 Å². The smallest absolute Gasteiger partial charge is 0.261 e. The number of hydrogen-bond donors (Lipinski definition) is 1. The number of nitrogens with zero attached hydrogens (tertiary/aromatic N) is 1. The number of rotatable bonds is 4. The number of thiophene rings is 1. The second-order valence-electron chi connectivity index (χ2n) is 4.28. The van der Waals surface area contributed by atoms with Crippen LogP contribution in [0.15, 0.2) is 17.5 Å². The molecule has 1 aromatic rings. The van der Waals surface area contributed by atoms with Gasteiger partial charge in [-0.15, -0.1) is 11.3 Å². The molecule has 3 nitrogen and oxygen atoms in total. The molecule has 1 amide bonds. The van der Waals surface area contributed by atoms with Crippen LogP contribution in [-0.4, -0.2) is 36.5 Å². The van der Waals surface area contributed by atoms with Gasteiger partial charge < -0.3 is 5.32 Å². The van der Waals surface area contributed by atoms with Gasteiger partial charge in [-0.3, -0.25) is 9.69 Å². The minimum absolute atomic E-state index is 0.0565. The van der Waals surface area contributed by atoms with Crippen molar-refractivity contribution < 1.29 is 4.79 Å². The summed E-state index contributed by atoms with van der Waals surface area (Å²) >= 11 is 1.49. The first-order valence-electron chi connectivity index (χ1n) is 5.83.